The summed E-state index contributed by atoms with van der Waals surface area (Å²) in [6.45, 7) is 2.15. The quantitative estimate of drug-likeness (QED) is 0.260. The molecule has 0 heterocycles. The Kier molecular flexibility index (Phi) is 3.35. The van der Waals surface area contributed by atoms with Crippen molar-refractivity contribution in [1.82, 2.24) is 0 Å². The van der Waals surface area contributed by atoms with Gasteiger partial charge in [0.25, 0.3) is 0 Å². The lowest BCUT2D eigenvalue weighted by atomic mass is 11.1. The Hall–Kier alpha value is 0.100. The molecule has 0 aromatic rings. The van der Waals surface area contributed by atoms with Crippen LogP contribution in [0, 0.1) is 0 Å². The van der Waals surface area contributed by atoms with Gasteiger partial charge in [-0.25, -0.2) is 4.58 Å². The molecular weight excluding hydrogens is 93.0 g/mol. The zero-order chi connectivity index (χ0) is 4.99. The molecule has 0 aliphatic heterocycles. The Balaban J connectivity index is 3.14. The summed E-state index contributed by atoms with van der Waals surface area (Å²) in [5.74, 6) is 2.15. The van der Waals surface area contributed by atoms with Crippen molar-refractivity contribution < 1.29 is 4.58 Å². The number of nitrogens with zero attached hydrogens (tertiary/aromatic N) is 1. The van der Waals surface area contributed by atoms with Gasteiger partial charge in [-0.15, -0.1) is 0 Å². The molecule has 0 spiro atoms. The zero-order valence-corrected chi connectivity index (χ0v) is 5.52. The normalized spacial score (nSPS) is 9.83. The summed E-state index contributed by atoms with van der Waals surface area (Å²) in [4.78, 5) is 0. The van der Waals surface area contributed by atoms with Gasteiger partial charge in [0.05, 0.1) is 0 Å². The second-order valence-electron chi connectivity index (χ2n) is 1.38. The van der Waals surface area contributed by atoms with Crippen molar-refractivity contribution in [2.75, 3.05) is 20.8 Å². The van der Waals surface area contributed by atoms with Crippen LogP contribution in [0.5, 0.6) is 0 Å². The van der Waals surface area contributed by atoms with Crippen LogP contribution in [-0.2, 0) is 0 Å². The molecule has 0 rings (SSSR count). The molecule has 0 bridgehead atoms. The fourth-order valence-corrected chi connectivity index (χ4v) is 0.775. The van der Waals surface area contributed by atoms with E-state index in [-0.39, 0.29) is 0 Å². The highest BCUT2D eigenvalue weighted by Gasteiger charge is 1.72. The lowest BCUT2D eigenvalue weighted by Gasteiger charge is -1.77. The van der Waals surface area contributed by atoms with E-state index in [2.05, 4.69) is 17.2 Å². The van der Waals surface area contributed by atoms with Crippen molar-refractivity contribution in [2.45, 2.75) is 0 Å². The lowest BCUT2D eigenvalue weighted by molar-refractivity contribution is -0.456. The second-order valence-corrected chi connectivity index (χ2v) is 2.22. The van der Waals surface area contributed by atoms with Crippen molar-refractivity contribution in [2.24, 2.45) is 0 Å². The van der Waals surface area contributed by atoms with Crippen LogP contribution in [0.4, 0.5) is 0 Å². The Bertz CT molecular complexity index is 54.6. The Labute approximate surface area is 40.9 Å². The average molecular weight is 104 g/mol. The van der Waals surface area contributed by atoms with E-state index in [9.17, 15) is 0 Å². The van der Waals surface area contributed by atoms with Gasteiger partial charge in [0.1, 0.15) is 14.1 Å². The van der Waals surface area contributed by atoms with Crippen LogP contribution in [0.15, 0.2) is 0 Å². The van der Waals surface area contributed by atoms with Crippen LogP contribution in [0.2, 0.25) is 0 Å². The molecule has 0 aromatic heterocycles. The second kappa shape index (κ2) is 3.30. The number of hydrogen-bond acceptors (Lipinski definition) is 0. The number of rotatable bonds is 1. The molecule has 6 heavy (non-hydrogen) atoms. The molecule has 0 amide bonds. The van der Waals surface area contributed by atoms with Gasteiger partial charge >= 0.3 is 0 Å². The molecule has 0 radical (unpaired) electrons. The first-order chi connectivity index (χ1) is 2.77. The van der Waals surface area contributed by atoms with E-state index in [0.717, 1.165) is 8.58 Å². The zero-order valence-electron chi connectivity index (χ0n) is 4.52. The maximum absolute atomic E-state index is 2.15. The van der Waals surface area contributed by atoms with Crippen molar-refractivity contribution in [3.05, 3.63) is 0 Å². The van der Waals surface area contributed by atoms with Gasteiger partial charge in [0.15, 0.2) is 5.96 Å². The van der Waals surface area contributed by atoms with Crippen molar-refractivity contribution in [3.63, 3.8) is 0 Å². The minimum atomic E-state index is 0.939. The van der Waals surface area contributed by atoms with Gasteiger partial charge in [-0.05, 0) is 15.2 Å². The Morgan fingerprint density at radius 3 is 2.00 bits per heavy atom. The lowest BCUT2D eigenvalue weighted by Crippen LogP contribution is -1.92. The summed E-state index contributed by atoms with van der Waals surface area (Å²) >= 11 is 0. The minimum Gasteiger partial charge on any atom is -0.242 e. The van der Waals surface area contributed by atoms with Crippen LogP contribution in [0.3, 0.4) is 0 Å². The molecule has 0 aromatic carbocycles. The monoisotopic (exact) mass is 104 g/mol. The highest BCUT2D eigenvalue weighted by molar-refractivity contribution is 7.54. The van der Waals surface area contributed by atoms with E-state index >= 15 is 0 Å². The highest BCUT2D eigenvalue weighted by Crippen LogP contribution is 1.90. The predicted molar refractivity (Wildman–Crippen MR) is 32.4 cm³/mol. The highest BCUT2D eigenvalue weighted by atomic mass is 31.1. The largest absolute Gasteiger partial charge is 0.242 e. The van der Waals surface area contributed by atoms with Crippen LogP contribution in [-0.4, -0.2) is 31.3 Å². The molecule has 2 heteroatoms. The topological polar surface area (TPSA) is 3.01 Å². The molecular formula is C4H11NP+. The molecule has 0 N–H and O–H groups in total. The number of hydrogen-bond donors (Lipinski definition) is 0. The average Bonchev–Trinajstić information content (AvgIpc) is 1.35. The predicted octanol–water partition coefficient (Wildman–Crippen LogP) is 0.595. The standard InChI is InChI=1S/C4H11NP/c1-5(2)4-6-3/h4,6H,1-3H3/q+1. The smallest absolute Gasteiger partial charge is 0.156 e. The molecule has 0 saturated carbocycles. The molecule has 1 nitrogen and oxygen atoms in total. The third kappa shape index (κ3) is 4.10. The van der Waals surface area contributed by atoms with Crippen LogP contribution < -0.4 is 0 Å². The minimum absolute atomic E-state index is 0.939. The molecule has 1 atom stereocenters. The SMILES string of the molecule is CPC=[N+](C)C. The molecule has 0 aliphatic carbocycles. The van der Waals surface area contributed by atoms with E-state index in [1.807, 2.05) is 14.1 Å². The van der Waals surface area contributed by atoms with Crippen molar-refractivity contribution >= 4 is 14.5 Å². The van der Waals surface area contributed by atoms with E-state index in [0.29, 0.717) is 0 Å². The third-order valence-electron chi connectivity index (χ3n) is 0.387. The van der Waals surface area contributed by atoms with E-state index in [1.165, 1.54) is 0 Å². The van der Waals surface area contributed by atoms with Crippen LogP contribution in [0.25, 0.3) is 0 Å². The van der Waals surface area contributed by atoms with Gasteiger partial charge in [-0.3, -0.25) is 0 Å². The fourth-order valence-electron chi connectivity index (χ4n) is 0.258. The third-order valence-corrected chi connectivity index (χ3v) is 1.16. The van der Waals surface area contributed by atoms with E-state index in [4.69, 9.17) is 0 Å². The first kappa shape index (κ1) is 6.10. The maximum atomic E-state index is 2.15. The fraction of sp³-hybridized carbons (Fsp3) is 0.750. The van der Waals surface area contributed by atoms with Crippen molar-refractivity contribution in [1.29, 1.82) is 0 Å². The summed E-state index contributed by atoms with van der Waals surface area (Å²) in [5, 5.41) is 0. The Morgan fingerprint density at radius 1 is 1.50 bits per heavy atom. The summed E-state index contributed by atoms with van der Waals surface area (Å²) in [5.41, 5.74) is 0. The van der Waals surface area contributed by atoms with Gasteiger partial charge < -0.3 is 0 Å². The summed E-state index contributed by atoms with van der Waals surface area (Å²) in [6, 6.07) is 0. The van der Waals surface area contributed by atoms with Gasteiger partial charge in [0.2, 0.25) is 0 Å². The first-order valence-electron chi connectivity index (χ1n) is 1.94. The van der Waals surface area contributed by atoms with Gasteiger partial charge in [-0.2, -0.15) is 0 Å². The molecule has 36 valence electrons. The molecule has 0 saturated heterocycles. The van der Waals surface area contributed by atoms with Gasteiger partial charge in [-0.1, -0.05) is 0 Å². The summed E-state index contributed by atoms with van der Waals surface area (Å²) in [7, 11) is 5.02. The molecule has 1 unspecified atom stereocenters. The van der Waals surface area contributed by atoms with Crippen LogP contribution in [0.1, 0.15) is 0 Å². The molecule has 0 aliphatic rings. The molecule has 0 fully saturated rings. The van der Waals surface area contributed by atoms with Crippen molar-refractivity contribution in [3.8, 4) is 0 Å². The summed E-state index contributed by atoms with van der Waals surface area (Å²) in [6.07, 6.45) is 0. The van der Waals surface area contributed by atoms with Crippen LogP contribution >= 0.6 is 8.58 Å². The first-order valence-corrected chi connectivity index (χ1v) is 3.52. The summed E-state index contributed by atoms with van der Waals surface area (Å²) < 4.78 is 2.07. The Morgan fingerprint density at radius 2 is 2.00 bits per heavy atom. The van der Waals surface area contributed by atoms with E-state index < -0.39 is 0 Å². The maximum Gasteiger partial charge on any atom is 0.156 e. The van der Waals surface area contributed by atoms with Gasteiger partial charge in [0, 0.05) is 0 Å². The van der Waals surface area contributed by atoms with E-state index in [1.54, 1.807) is 0 Å².